The number of carboxylic acid groups (broad SMARTS) is 1. The predicted octanol–water partition coefficient (Wildman–Crippen LogP) is 2.15. The van der Waals surface area contributed by atoms with Gasteiger partial charge in [-0.2, -0.15) is 0 Å². The largest absolute Gasteiger partial charge is 0.481 e. The van der Waals surface area contributed by atoms with Gasteiger partial charge in [-0.3, -0.25) is 4.79 Å². The first-order valence-electron chi connectivity index (χ1n) is 4.86. The topological polar surface area (TPSA) is 40.5 Å². The summed E-state index contributed by atoms with van der Waals surface area (Å²) in [6.45, 7) is 4.83. The van der Waals surface area contributed by atoms with Gasteiger partial charge in [-0.1, -0.05) is 24.3 Å². The molecule has 0 saturated carbocycles. The Kier molecular flexibility index (Phi) is 4.41. The minimum Gasteiger partial charge on any atom is -0.481 e. The molecule has 3 heteroatoms. The maximum atomic E-state index is 10.5. The monoisotopic (exact) mass is 205 g/mol. The molecule has 1 N–H and O–H groups in total. The highest BCUT2D eigenvalue weighted by molar-refractivity contribution is 5.67. The second-order valence-electron chi connectivity index (χ2n) is 3.21. The van der Waals surface area contributed by atoms with Gasteiger partial charge in [0.15, 0.2) is 0 Å². The predicted molar refractivity (Wildman–Crippen MR) is 61.1 cm³/mol. The maximum Gasteiger partial charge on any atom is 0.305 e. The fourth-order valence-corrected chi connectivity index (χ4v) is 1.35. The number of carboxylic acids is 1. The van der Waals surface area contributed by atoms with E-state index in [0.717, 1.165) is 5.69 Å². The lowest BCUT2D eigenvalue weighted by molar-refractivity contribution is -0.136. The summed E-state index contributed by atoms with van der Waals surface area (Å²) in [4.78, 5) is 12.5. The molecule has 0 aliphatic heterocycles. The molecule has 3 nitrogen and oxygen atoms in total. The van der Waals surface area contributed by atoms with Gasteiger partial charge in [0.25, 0.3) is 0 Å². The van der Waals surface area contributed by atoms with Crippen LogP contribution in [0.25, 0.3) is 0 Å². The Balaban J connectivity index is 2.65. The van der Waals surface area contributed by atoms with E-state index in [4.69, 9.17) is 5.11 Å². The van der Waals surface area contributed by atoms with Crippen molar-refractivity contribution in [3.05, 3.63) is 43.0 Å². The van der Waals surface area contributed by atoms with Crippen LogP contribution in [0.5, 0.6) is 0 Å². The standard InChI is InChI=1S/C12H15NO2/c1-2-9-13(10-8-12(14)15)11-6-4-3-5-7-11/h2-7H,1,8-10H2,(H,14,15). The van der Waals surface area contributed by atoms with Crippen molar-refractivity contribution in [3.8, 4) is 0 Å². The third kappa shape index (κ3) is 3.85. The van der Waals surface area contributed by atoms with Crippen LogP contribution in [0, 0.1) is 0 Å². The van der Waals surface area contributed by atoms with E-state index in [0.29, 0.717) is 13.1 Å². The first-order valence-corrected chi connectivity index (χ1v) is 4.86. The fraction of sp³-hybridized carbons (Fsp3) is 0.250. The van der Waals surface area contributed by atoms with Gasteiger partial charge in [0, 0.05) is 18.8 Å². The lowest BCUT2D eigenvalue weighted by Crippen LogP contribution is -2.26. The minimum absolute atomic E-state index is 0.142. The van der Waals surface area contributed by atoms with Crippen LogP contribution in [-0.2, 0) is 4.79 Å². The van der Waals surface area contributed by atoms with Crippen LogP contribution in [-0.4, -0.2) is 24.2 Å². The molecule has 0 saturated heterocycles. The highest BCUT2D eigenvalue weighted by atomic mass is 16.4. The highest BCUT2D eigenvalue weighted by Crippen LogP contribution is 2.13. The number of aliphatic carboxylic acids is 1. The van der Waals surface area contributed by atoms with Gasteiger partial charge < -0.3 is 10.0 Å². The highest BCUT2D eigenvalue weighted by Gasteiger charge is 2.06. The second kappa shape index (κ2) is 5.86. The van der Waals surface area contributed by atoms with E-state index < -0.39 is 5.97 Å². The molecule has 0 heterocycles. The molecule has 0 radical (unpaired) electrons. The first-order chi connectivity index (χ1) is 7.24. The van der Waals surface area contributed by atoms with Crippen molar-refractivity contribution in [1.29, 1.82) is 0 Å². The van der Waals surface area contributed by atoms with Gasteiger partial charge in [0.2, 0.25) is 0 Å². The Morgan fingerprint density at radius 3 is 2.60 bits per heavy atom. The van der Waals surface area contributed by atoms with Crippen molar-refractivity contribution < 1.29 is 9.90 Å². The molecule has 0 fully saturated rings. The Hall–Kier alpha value is -1.77. The fourth-order valence-electron chi connectivity index (χ4n) is 1.35. The maximum absolute atomic E-state index is 10.5. The van der Waals surface area contributed by atoms with E-state index in [-0.39, 0.29) is 6.42 Å². The Bertz CT molecular complexity index is 322. The molecule has 0 unspecified atom stereocenters. The number of nitrogens with zero attached hydrogens (tertiary/aromatic N) is 1. The molecule has 1 aromatic rings. The molecule has 0 atom stereocenters. The molecule has 0 aliphatic rings. The van der Waals surface area contributed by atoms with Crippen molar-refractivity contribution >= 4 is 11.7 Å². The van der Waals surface area contributed by atoms with Crippen molar-refractivity contribution in [1.82, 2.24) is 0 Å². The third-order valence-corrected chi connectivity index (χ3v) is 2.07. The van der Waals surface area contributed by atoms with Gasteiger partial charge in [-0.05, 0) is 12.1 Å². The average Bonchev–Trinajstić information content (AvgIpc) is 2.25. The molecule has 0 spiro atoms. The van der Waals surface area contributed by atoms with Crippen LogP contribution in [0.4, 0.5) is 5.69 Å². The zero-order valence-electron chi connectivity index (χ0n) is 8.60. The molecular weight excluding hydrogens is 190 g/mol. The van der Waals surface area contributed by atoms with E-state index in [1.165, 1.54) is 0 Å². The number of hydrogen-bond donors (Lipinski definition) is 1. The molecule has 80 valence electrons. The van der Waals surface area contributed by atoms with Crippen LogP contribution in [0.3, 0.4) is 0 Å². The zero-order valence-corrected chi connectivity index (χ0v) is 8.60. The van der Waals surface area contributed by atoms with E-state index in [1.807, 2.05) is 35.2 Å². The molecule has 1 aromatic carbocycles. The molecule has 0 amide bonds. The quantitative estimate of drug-likeness (QED) is 0.723. The van der Waals surface area contributed by atoms with Gasteiger partial charge in [-0.25, -0.2) is 0 Å². The smallest absolute Gasteiger partial charge is 0.305 e. The SMILES string of the molecule is C=CCN(CCC(=O)O)c1ccccc1. The summed E-state index contributed by atoms with van der Waals surface area (Å²) >= 11 is 0. The zero-order chi connectivity index (χ0) is 11.1. The lowest BCUT2D eigenvalue weighted by Gasteiger charge is -2.22. The summed E-state index contributed by atoms with van der Waals surface area (Å²) in [5.74, 6) is -0.778. The molecule has 15 heavy (non-hydrogen) atoms. The van der Waals surface area contributed by atoms with Gasteiger partial charge >= 0.3 is 5.97 Å². The van der Waals surface area contributed by atoms with Crippen LogP contribution >= 0.6 is 0 Å². The summed E-state index contributed by atoms with van der Waals surface area (Å²) in [5, 5.41) is 8.62. The van der Waals surface area contributed by atoms with E-state index in [1.54, 1.807) is 6.08 Å². The number of carbonyl (C=O) groups is 1. The number of benzene rings is 1. The van der Waals surface area contributed by atoms with Gasteiger partial charge in [0.1, 0.15) is 0 Å². The first kappa shape index (κ1) is 11.3. The normalized spacial score (nSPS) is 9.60. The molecule has 0 aromatic heterocycles. The average molecular weight is 205 g/mol. The summed E-state index contributed by atoms with van der Waals surface area (Å²) in [7, 11) is 0. The summed E-state index contributed by atoms with van der Waals surface area (Å²) in [6.07, 6.45) is 1.91. The number of rotatable bonds is 6. The van der Waals surface area contributed by atoms with E-state index in [2.05, 4.69) is 6.58 Å². The molecule has 0 aliphatic carbocycles. The second-order valence-corrected chi connectivity index (χ2v) is 3.21. The molecule has 0 bridgehead atoms. The molecule has 1 rings (SSSR count). The van der Waals surface area contributed by atoms with Crippen molar-refractivity contribution in [2.24, 2.45) is 0 Å². The summed E-state index contributed by atoms with van der Waals surface area (Å²) in [6, 6.07) is 9.74. The van der Waals surface area contributed by atoms with E-state index in [9.17, 15) is 4.79 Å². The minimum atomic E-state index is -0.778. The van der Waals surface area contributed by atoms with Crippen LogP contribution in [0.2, 0.25) is 0 Å². The summed E-state index contributed by atoms with van der Waals surface area (Å²) < 4.78 is 0. The van der Waals surface area contributed by atoms with Crippen molar-refractivity contribution in [2.45, 2.75) is 6.42 Å². The van der Waals surface area contributed by atoms with Crippen LogP contribution < -0.4 is 4.90 Å². The van der Waals surface area contributed by atoms with Gasteiger partial charge in [-0.15, -0.1) is 6.58 Å². The number of anilines is 1. The van der Waals surface area contributed by atoms with Crippen molar-refractivity contribution in [2.75, 3.05) is 18.0 Å². The number of hydrogen-bond acceptors (Lipinski definition) is 2. The summed E-state index contributed by atoms with van der Waals surface area (Å²) in [5.41, 5.74) is 1.03. The lowest BCUT2D eigenvalue weighted by atomic mass is 10.2. The van der Waals surface area contributed by atoms with E-state index >= 15 is 0 Å². The Labute approximate surface area is 89.6 Å². The third-order valence-electron chi connectivity index (χ3n) is 2.07. The van der Waals surface area contributed by atoms with Crippen molar-refractivity contribution in [3.63, 3.8) is 0 Å². The van der Waals surface area contributed by atoms with Crippen LogP contribution in [0.15, 0.2) is 43.0 Å². The Morgan fingerprint density at radius 1 is 1.40 bits per heavy atom. The Morgan fingerprint density at radius 2 is 2.07 bits per heavy atom. The van der Waals surface area contributed by atoms with Gasteiger partial charge in [0.05, 0.1) is 6.42 Å². The number of para-hydroxylation sites is 1. The van der Waals surface area contributed by atoms with Crippen LogP contribution in [0.1, 0.15) is 6.42 Å². The molecular formula is C12H15NO2.